The lowest BCUT2D eigenvalue weighted by molar-refractivity contribution is 0.136. The fourth-order valence-electron chi connectivity index (χ4n) is 1.52. The standard InChI is InChI=1S/C6H9NO3/c8-5-1-4-3-10-6(9)7(4)2-5/h4-5,8H,1-3H2/t4-,5?/m0/s1. The molecule has 4 heteroatoms. The summed E-state index contributed by atoms with van der Waals surface area (Å²) in [6.07, 6.45) is 0.0607. The summed E-state index contributed by atoms with van der Waals surface area (Å²) in [6, 6.07) is 0.141. The van der Waals surface area contributed by atoms with Gasteiger partial charge in [0.1, 0.15) is 6.61 Å². The van der Waals surface area contributed by atoms with Crippen molar-refractivity contribution in [1.29, 1.82) is 0 Å². The molecule has 56 valence electrons. The van der Waals surface area contributed by atoms with Crippen molar-refractivity contribution < 1.29 is 14.6 Å². The Hall–Kier alpha value is -0.770. The van der Waals surface area contributed by atoms with Gasteiger partial charge in [0.2, 0.25) is 0 Å². The van der Waals surface area contributed by atoms with Crippen LogP contribution in [0.1, 0.15) is 6.42 Å². The van der Waals surface area contributed by atoms with E-state index in [0.29, 0.717) is 19.6 Å². The number of amides is 1. The largest absolute Gasteiger partial charge is 0.447 e. The van der Waals surface area contributed by atoms with Gasteiger partial charge in [-0.3, -0.25) is 4.90 Å². The van der Waals surface area contributed by atoms with Crippen molar-refractivity contribution in [3.05, 3.63) is 0 Å². The molecule has 0 aromatic carbocycles. The zero-order chi connectivity index (χ0) is 7.14. The molecule has 2 rings (SSSR count). The van der Waals surface area contributed by atoms with Gasteiger partial charge in [-0.15, -0.1) is 0 Å². The molecule has 1 unspecified atom stereocenters. The average molecular weight is 143 g/mol. The molecule has 2 aliphatic heterocycles. The second-order valence-corrected chi connectivity index (χ2v) is 2.77. The summed E-state index contributed by atoms with van der Waals surface area (Å²) in [7, 11) is 0. The van der Waals surface area contributed by atoms with E-state index in [2.05, 4.69) is 0 Å². The predicted octanol–water partition coefficient (Wildman–Crippen LogP) is -0.428. The minimum absolute atomic E-state index is 0.141. The minimum Gasteiger partial charge on any atom is -0.447 e. The highest BCUT2D eigenvalue weighted by Crippen LogP contribution is 2.23. The summed E-state index contributed by atoms with van der Waals surface area (Å²) in [5.41, 5.74) is 0. The van der Waals surface area contributed by atoms with E-state index >= 15 is 0 Å². The lowest BCUT2D eigenvalue weighted by Crippen LogP contribution is -2.27. The van der Waals surface area contributed by atoms with Gasteiger partial charge >= 0.3 is 6.09 Å². The molecular formula is C6H9NO3. The van der Waals surface area contributed by atoms with Crippen LogP contribution in [0.15, 0.2) is 0 Å². The number of aliphatic hydroxyl groups is 1. The molecule has 2 heterocycles. The SMILES string of the molecule is O=C1OC[C@@H]2CC(O)CN12. The van der Waals surface area contributed by atoms with Crippen LogP contribution in [0, 0.1) is 0 Å². The average Bonchev–Trinajstić information content (AvgIpc) is 2.35. The third-order valence-electron chi connectivity index (χ3n) is 2.03. The van der Waals surface area contributed by atoms with Gasteiger partial charge < -0.3 is 9.84 Å². The second kappa shape index (κ2) is 1.85. The number of carbonyl (C=O) groups excluding carboxylic acids is 1. The molecule has 2 aliphatic rings. The Kier molecular flexibility index (Phi) is 1.11. The number of hydrogen-bond donors (Lipinski definition) is 1. The molecule has 0 aliphatic carbocycles. The molecule has 1 N–H and O–H groups in total. The highest BCUT2D eigenvalue weighted by Gasteiger charge is 2.40. The second-order valence-electron chi connectivity index (χ2n) is 2.77. The van der Waals surface area contributed by atoms with Gasteiger partial charge in [0, 0.05) is 0 Å². The first-order valence-corrected chi connectivity index (χ1v) is 3.39. The fraction of sp³-hybridized carbons (Fsp3) is 0.833. The minimum atomic E-state index is -0.335. The number of hydrogen-bond acceptors (Lipinski definition) is 3. The molecule has 2 fully saturated rings. The summed E-state index contributed by atoms with van der Waals surface area (Å²) >= 11 is 0. The molecule has 0 bridgehead atoms. The maximum atomic E-state index is 10.8. The first kappa shape index (κ1) is 5.97. The zero-order valence-electron chi connectivity index (χ0n) is 5.49. The number of fused-ring (bicyclic) bond motifs is 1. The summed E-state index contributed by atoms with van der Waals surface area (Å²) in [4.78, 5) is 12.4. The van der Waals surface area contributed by atoms with Gasteiger partial charge in [0.05, 0.1) is 18.7 Å². The topological polar surface area (TPSA) is 49.8 Å². The molecule has 0 saturated carbocycles. The van der Waals surface area contributed by atoms with Crippen LogP contribution in [0.3, 0.4) is 0 Å². The molecule has 0 aromatic heterocycles. The Bertz CT molecular complexity index is 170. The summed E-state index contributed by atoms with van der Waals surface area (Å²) in [5.74, 6) is 0. The van der Waals surface area contributed by atoms with Gasteiger partial charge in [0.15, 0.2) is 0 Å². The van der Waals surface area contributed by atoms with Crippen molar-refractivity contribution >= 4 is 6.09 Å². The van der Waals surface area contributed by atoms with Crippen molar-refractivity contribution in [2.75, 3.05) is 13.2 Å². The van der Waals surface area contributed by atoms with Crippen molar-refractivity contribution in [3.63, 3.8) is 0 Å². The predicted molar refractivity (Wildman–Crippen MR) is 32.5 cm³/mol. The Morgan fingerprint density at radius 1 is 1.70 bits per heavy atom. The van der Waals surface area contributed by atoms with Crippen LogP contribution >= 0.6 is 0 Å². The number of ether oxygens (including phenoxy) is 1. The van der Waals surface area contributed by atoms with Crippen LogP contribution in [0.2, 0.25) is 0 Å². The third kappa shape index (κ3) is 0.686. The maximum absolute atomic E-state index is 10.8. The maximum Gasteiger partial charge on any atom is 0.410 e. The lowest BCUT2D eigenvalue weighted by atomic mass is 10.2. The highest BCUT2D eigenvalue weighted by atomic mass is 16.6. The number of carbonyl (C=O) groups is 1. The van der Waals surface area contributed by atoms with Gasteiger partial charge in [-0.2, -0.15) is 0 Å². The van der Waals surface area contributed by atoms with Gasteiger partial charge in [-0.05, 0) is 6.42 Å². The third-order valence-corrected chi connectivity index (χ3v) is 2.03. The molecule has 1 amide bonds. The Morgan fingerprint density at radius 2 is 2.50 bits per heavy atom. The number of cyclic esters (lactones) is 1. The van der Waals surface area contributed by atoms with Crippen LogP contribution in [-0.2, 0) is 4.74 Å². The number of aliphatic hydroxyl groups excluding tert-OH is 1. The van der Waals surface area contributed by atoms with Crippen molar-refractivity contribution in [1.82, 2.24) is 4.90 Å². The van der Waals surface area contributed by atoms with Gasteiger partial charge in [-0.25, -0.2) is 4.79 Å². The Balaban J connectivity index is 2.12. The molecule has 2 saturated heterocycles. The van der Waals surface area contributed by atoms with E-state index in [1.54, 1.807) is 4.90 Å². The summed E-state index contributed by atoms with van der Waals surface area (Å²) < 4.78 is 4.74. The number of nitrogens with zero attached hydrogens (tertiary/aromatic N) is 1. The van der Waals surface area contributed by atoms with E-state index in [4.69, 9.17) is 9.84 Å². The molecule has 10 heavy (non-hydrogen) atoms. The van der Waals surface area contributed by atoms with Crippen LogP contribution in [0.4, 0.5) is 4.79 Å². The van der Waals surface area contributed by atoms with E-state index in [1.807, 2.05) is 0 Å². The molecule has 0 aromatic rings. The smallest absolute Gasteiger partial charge is 0.410 e. The summed E-state index contributed by atoms with van der Waals surface area (Å²) in [5, 5.41) is 9.10. The summed E-state index contributed by atoms with van der Waals surface area (Å²) in [6.45, 7) is 0.902. The van der Waals surface area contributed by atoms with Crippen molar-refractivity contribution in [3.8, 4) is 0 Å². The van der Waals surface area contributed by atoms with Gasteiger partial charge in [-0.1, -0.05) is 0 Å². The number of rotatable bonds is 0. The first-order valence-electron chi connectivity index (χ1n) is 3.39. The van der Waals surface area contributed by atoms with E-state index in [1.165, 1.54) is 0 Å². The van der Waals surface area contributed by atoms with Crippen LogP contribution in [-0.4, -0.2) is 41.4 Å². The quantitative estimate of drug-likeness (QED) is 0.500. The van der Waals surface area contributed by atoms with Crippen molar-refractivity contribution in [2.24, 2.45) is 0 Å². The van der Waals surface area contributed by atoms with E-state index < -0.39 is 0 Å². The van der Waals surface area contributed by atoms with Crippen LogP contribution in [0.5, 0.6) is 0 Å². The van der Waals surface area contributed by atoms with Gasteiger partial charge in [0.25, 0.3) is 0 Å². The first-order chi connectivity index (χ1) is 4.77. The van der Waals surface area contributed by atoms with E-state index in [0.717, 1.165) is 0 Å². The Labute approximate surface area is 58.4 Å². The van der Waals surface area contributed by atoms with Crippen LogP contribution < -0.4 is 0 Å². The normalized spacial score (nSPS) is 38.1. The molecule has 4 nitrogen and oxygen atoms in total. The monoisotopic (exact) mass is 143 g/mol. The molecule has 0 radical (unpaired) electrons. The highest BCUT2D eigenvalue weighted by molar-refractivity contribution is 5.70. The zero-order valence-corrected chi connectivity index (χ0v) is 5.49. The van der Waals surface area contributed by atoms with E-state index in [-0.39, 0.29) is 18.2 Å². The van der Waals surface area contributed by atoms with Crippen molar-refractivity contribution in [2.45, 2.75) is 18.6 Å². The lowest BCUT2D eigenvalue weighted by Gasteiger charge is -2.08. The fourth-order valence-corrected chi connectivity index (χ4v) is 1.52. The molecule has 2 atom stereocenters. The molecule has 0 spiro atoms. The Morgan fingerprint density at radius 3 is 3.20 bits per heavy atom. The van der Waals surface area contributed by atoms with Crippen LogP contribution in [0.25, 0.3) is 0 Å². The molecular weight excluding hydrogens is 134 g/mol. The van der Waals surface area contributed by atoms with E-state index in [9.17, 15) is 4.79 Å².